The Bertz CT molecular complexity index is 904. The topological polar surface area (TPSA) is 71.5 Å². The van der Waals surface area contributed by atoms with Gasteiger partial charge in [0.25, 0.3) is 0 Å². The summed E-state index contributed by atoms with van der Waals surface area (Å²) in [5.41, 5.74) is 2.75. The Morgan fingerprint density at radius 2 is 1.89 bits per heavy atom. The van der Waals surface area contributed by atoms with Crippen LogP contribution in [0.15, 0.2) is 48.5 Å². The fourth-order valence-electron chi connectivity index (χ4n) is 2.46. The van der Waals surface area contributed by atoms with Crippen molar-refractivity contribution >= 4 is 39.1 Å². The van der Waals surface area contributed by atoms with Crippen molar-refractivity contribution in [3.8, 4) is 0 Å². The number of carbonyl (C=O) groups excluding carboxylic acids is 2. The van der Waals surface area contributed by atoms with Crippen molar-refractivity contribution in [2.45, 2.75) is 13.5 Å². The Morgan fingerprint density at radius 1 is 1.15 bits per heavy atom. The molecule has 1 heterocycles. The first-order valence-corrected chi connectivity index (χ1v) is 9.35. The van der Waals surface area contributed by atoms with Gasteiger partial charge < -0.3 is 15.0 Å². The van der Waals surface area contributed by atoms with Crippen LogP contribution in [0.5, 0.6) is 0 Å². The second-order valence-corrected chi connectivity index (χ2v) is 7.35. The minimum Gasteiger partial charge on any atom is -0.364 e. The highest BCUT2D eigenvalue weighted by molar-refractivity contribution is 7.18. The normalized spacial score (nSPS) is 10.7. The van der Waals surface area contributed by atoms with Crippen LogP contribution in [-0.4, -0.2) is 41.9 Å². The number of nitrogens with one attached hydrogen (secondary N) is 1. The molecule has 6 nitrogen and oxygen atoms in total. The molecule has 7 heteroatoms. The predicted octanol–water partition coefficient (Wildman–Crippen LogP) is 3.22. The van der Waals surface area contributed by atoms with E-state index in [-0.39, 0.29) is 31.6 Å². The lowest BCUT2D eigenvalue weighted by Crippen LogP contribution is -2.37. The third kappa shape index (κ3) is 5.35. The maximum atomic E-state index is 12.1. The van der Waals surface area contributed by atoms with Gasteiger partial charge in [-0.05, 0) is 31.2 Å². The highest BCUT2D eigenvalue weighted by atomic mass is 32.1. The summed E-state index contributed by atoms with van der Waals surface area (Å²) < 4.78 is 6.56. The molecule has 2 amide bonds. The molecule has 0 atom stereocenters. The molecule has 3 aromatic rings. The largest absolute Gasteiger partial charge is 0.364 e. The van der Waals surface area contributed by atoms with E-state index in [1.54, 1.807) is 18.4 Å². The maximum absolute atomic E-state index is 12.1. The summed E-state index contributed by atoms with van der Waals surface area (Å²) in [6.07, 6.45) is 0. The molecule has 0 aliphatic heterocycles. The zero-order valence-electron chi connectivity index (χ0n) is 15.3. The van der Waals surface area contributed by atoms with E-state index in [0.29, 0.717) is 5.69 Å². The van der Waals surface area contributed by atoms with E-state index >= 15 is 0 Å². The fraction of sp³-hybridized carbons (Fsp3) is 0.250. The number of carbonyl (C=O) groups is 2. The summed E-state index contributed by atoms with van der Waals surface area (Å²) in [6, 6.07) is 15.3. The van der Waals surface area contributed by atoms with E-state index in [4.69, 9.17) is 4.74 Å². The number of hydrogen-bond acceptors (Lipinski definition) is 5. The van der Waals surface area contributed by atoms with Crippen molar-refractivity contribution in [3.05, 3.63) is 59.1 Å². The molecule has 0 unspecified atom stereocenters. The van der Waals surface area contributed by atoms with Gasteiger partial charge in [-0.25, -0.2) is 4.98 Å². The fourth-order valence-corrected chi connectivity index (χ4v) is 3.36. The Kier molecular flexibility index (Phi) is 6.16. The van der Waals surface area contributed by atoms with Crippen LogP contribution in [0.3, 0.4) is 0 Å². The van der Waals surface area contributed by atoms with Crippen LogP contribution in [0.25, 0.3) is 10.2 Å². The summed E-state index contributed by atoms with van der Waals surface area (Å²) in [5, 5.41) is 3.59. The number of thiazole rings is 1. The second kappa shape index (κ2) is 8.75. The van der Waals surface area contributed by atoms with E-state index < -0.39 is 0 Å². The van der Waals surface area contributed by atoms with E-state index in [9.17, 15) is 9.59 Å². The van der Waals surface area contributed by atoms with Gasteiger partial charge in [0, 0.05) is 12.7 Å². The number of rotatable bonds is 7. The molecule has 0 aliphatic carbocycles. The molecule has 0 fully saturated rings. The lowest BCUT2D eigenvalue weighted by atomic mass is 10.2. The molecule has 0 saturated carbocycles. The maximum Gasteiger partial charge on any atom is 0.248 e. The molecule has 3 rings (SSSR count). The van der Waals surface area contributed by atoms with Crippen LogP contribution in [0.1, 0.15) is 10.6 Å². The number of aromatic nitrogens is 1. The molecular weight excluding hydrogens is 362 g/mol. The average molecular weight is 383 g/mol. The van der Waals surface area contributed by atoms with E-state index in [1.165, 1.54) is 4.90 Å². The summed E-state index contributed by atoms with van der Waals surface area (Å²) in [7, 11) is 1.58. The number of para-hydroxylation sites is 1. The van der Waals surface area contributed by atoms with E-state index in [1.807, 2.05) is 55.5 Å². The van der Waals surface area contributed by atoms with Crippen LogP contribution in [0.2, 0.25) is 0 Å². The van der Waals surface area contributed by atoms with Gasteiger partial charge in [-0.2, -0.15) is 0 Å². The standard InChI is InChI=1S/C20H21N3O3S/c1-14-7-9-15(10-8-14)21-18(24)11-23(2)20(25)13-26-12-19-22-16-5-3-4-6-17(16)27-19/h3-10H,11-13H2,1-2H3,(H,21,24). The molecule has 0 radical (unpaired) electrons. The van der Waals surface area contributed by atoms with E-state index in [0.717, 1.165) is 20.8 Å². The molecule has 0 bridgehead atoms. The van der Waals surface area contributed by atoms with Gasteiger partial charge in [0.2, 0.25) is 11.8 Å². The first-order chi connectivity index (χ1) is 13.0. The number of amides is 2. The third-order valence-corrected chi connectivity index (χ3v) is 4.94. The van der Waals surface area contributed by atoms with Gasteiger partial charge in [-0.1, -0.05) is 29.8 Å². The summed E-state index contributed by atoms with van der Waals surface area (Å²) in [6.45, 7) is 2.13. The molecular formula is C20H21N3O3S. The van der Waals surface area contributed by atoms with Gasteiger partial charge in [0.05, 0.1) is 23.4 Å². The van der Waals surface area contributed by atoms with Crippen molar-refractivity contribution in [2.24, 2.45) is 0 Å². The highest BCUT2D eigenvalue weighted by Gasteiger charge is 2.14. The van der Waals surface area contributed by atoms with Crippen molar-refractivity contribution in [1.29, 1.82) is 0 Å². The third-order valence-electron chi connectivity index (χ3n) is 3.93. The number of fused-ring (bicyclic) bond motifs is 1. The number of anilines is 1. The predicted molar refractivity (Wildman–Crippen MR) is 107 cm³/mol. The zero-order chi connectivity index (χ0) is 19.2. The minimum atomic E-state index is -0.254. The van der Waals surface area contributed by atoms with Crippen molar-refractivity contribution in [1.82, 2.24) is 9.88 Å². The Balaban J connectivity index is 1.43. The average Bonchev–Trinajstić information content (AvgIpc) is 3.06. The zero-order valence-corrected chi connectivity index (χ0v) is 16.1. The molecule has 1 N–H and O–H groups in total. The van der Waals surface area contributed by atoms with E-state index in [2.05, 4.69) is 10.3 Å². The van der Waals surface area contributed by atoms with Crippen molar-refractivity contribution < 1.29 is 14.3 Å². The molecule has 0 spiro atoms. The first kappa shape index (κ1) is 19.0. The van der Waals surface area contributed by atoms with Crippen LogP contribution in [0.4, 0.5) is 5.69 Å². The summed E-state index contributed by atoms with van der Waals surface area (Å²) >= 11 is 1.55. The van der Waals surface area contributed by atoms with Crippen molar-refractivity contribution in [2.75, 3.05) is 25.5 Å². The lowest BCUT2D eigenvalue weighted by Gasteiger charge is -2.16. The van der Waals surface area contributed by atoms with Gasteiger partial charge in [0.15, 0.2) is 0 Å². The SMILES string of the molecule is Cc1ccc(NC(=O)CN(C)C(=O)COCc2nc3ccccc3s2)cc1. The molecule has 2 aromatic carbocycles. The Labute approximate surface area is 161 Å². The molecule has 1 aromatic heterocycles. The highest BCUT2D eigenvalue weighted by Crippen LogP contribution is 2.21. The monoisotopic (exact) mass is 383 g/mol. The first-order valence-electron chi connectivity index (χ1n) is 8.54. The summed E-state index contributed by atoms with van der Waals surface area (Å²) in [5.74, 6) is -0.504. The molecule has 27 heavy (non-hydrogen) atoms. The van der Waals surface area contributed by atoms with Gasteiger partial charge in [-0.3, -0.25) is 9.59 Å². The number of likely N-dealkylation sites (N-methyl/N-ethyl adjacent to an activating group) is 1. The quantitative estimate of drug-likeness (QED) is 0.680. The second-order valence-electron chi connectivity index (χ2n) is 6.23. The van der Waals surface area contributed by atoms with Crippen LogP contribution in [0, 0.1) is 6.92 Å². The minimum absolute atomic E-state index is 0.0305. The van der Waals surface area contributed by atoms with Crippen molar-refractivity contribution in [3.63, 3.8) is 0 Å². The van der Waals surface area contributed by atoms with Gasteiger partial charge >= 0.3 is 0 Å². The smallest absolute Gasteiger partial charge is 0.248 e. The lowest BCUT2D eigenvalue weighted by molar-refractivity contribution is -0.137. The van der Waals surface area contributed by atoms with Gasteiger partial charge in [-0.15, -0.1) is 11.3 Å². The number of aryl methyl sites for hydroxylation is 1. The Hall–Kier alpha value is -2.77. The number of hydrogen-bond donors (Lipinski definition) is 1. The van der Waals surface area contributed by atoms with Crippen LogP contribution < -0.4 is 5.32 Å². The number of ether oxygens (including phenoxy) is 1. The number of nitrogens with zero attached hydrogens (tertiary/aromatic N) is 2. The van der Waals surface area contributed by atoms with Crippen LogP contribution in [-0.2, 0) is 20.9 Å². The molecule has 140 valence electrons. The summed E-state index contributed by atoms with van der Waals surface area (Å²) in [4.78, 5) is 30.0. The Morgan fingerprint density at radius 3 is 2.63 bits per heavy atom. The molecule has 0 aliphatic rings. The van der Waals surface area contributed by atoms with Crippen LogP contribution >= 0.6 is 11.3 Å². The van der Waals surface area contributed by atoms with Gasteiger partial charge in [0.1, 0.15) is 11.6 Å². The number of benzene rings is 2. The molecule has 0 saturated heterocycles.